The molecule has 100 valence electrons. The Morgan fingerprint density at radius 1 is 1.33 bits per heavy atom. The lowest BCUT2D eigenvalue weighted by Crippen LogP contribution is -2.26. The van der Waals surface area contributed by atoms with Crippen molar-refractivity contribution in [3.8, 4) is 0 Å². The Labute approximate surface area is 108 Å². The van der Waals surface area contributed by atoms with Crippen LogP contribution >= 0.6 is 0 Å². The average Bonchev–Trinajstić information content (AvgIpc) is 2.68. The number of nitrogens with zero attached hydrogens (tertiary/aromatic N) is 1. The zero-order valence-corrected chi connectivity index (χ0v) is 11.3. The molecule has 0 aromatic carbocycles. The van der Waals surface area contributed by atoms with E-state index in [2.05, 4.69) is 10.5 Å². The molecule has 0 atom stereocenters. The Hall–Kier alpha value is -1.32. The van der Waals surface area contributed by atoms with Crippen molar-refractivity contribution >= 4 is 5.91 Å². The lowest BCUT2D eigenvalue weighted by atomic mass is 9.87. The highest BCUT2D eigenvalue weighted by Crippen LogP contribution is 2.26. The second-order valence-electron chi connectivity index (χ2n) is 5.29. The van der Waals surface area contributed by atoms with Gasteiger partial charge in [0.05, 0.1) is 5.69 Å². The molecule has 1 aliphatic carbocycles. The van der Waals surface area contributed by atoms with Crippen molar-refractivity contribution in [2.75, 3.05) is 0 Å². The van der Waals surface area contributed by atoms with Crippen LogP contribution < -0.4 is 5.32 Å². The number of amides is 1. The third-order valence-corrected chi connectivity index (χ3v) is 3.84. The molecule has 1 aromatic rings. The molecule has 1 N–H and O–H groups in total. The van der Waals surface area contributed by atoms with E-state index in [4.69, 9.17) is 4.52 Å². The summed E-state index contributed by atoms with van der Waals surface area (Å²) < 4.78 is 5.08. The Balaban J connectivity index is 1.77. The van der Waals surface area contributed by atoms with Gasteiger partial charge in [-0.2, -0.15) is 0 Å². The lowest BCUT2D eigenvalue weighted by molar-refractivity contribution is -0.122. The van der Waals surface area contributed by atoms with Crippen LogP contribution in [-0.4, -0.2) is 11.1 Å². The number of aryl methyl sites for hydroxylation is 2. The van der Waals surface area contributed by atoms with Gasteiger partial charge in [-0.25, -0.2) is 0 Å². The zero-order valence-electron chi connectivity index (χ0n) is 11.3. The summed E-state index contributed by atoms with van der Waals surface area (Å²) in [6, 6.07) is 0. The monoisotopic (exact) mass is 250 g/mol. The minimum atomic E-state index is 0.155. The molecule has 1 fully saturated rings. The van der Waals surface area contributed by atoms with Crippen molar-refractivity contribution in [3.63, 3.8) is 0 Å². The molecule has 0 bridgehead atoms. The topological polar surface area (TPSA) is 55.1 Å². The molecular weight excluding hydrogens is 228 g/mol. The third-order valence-electron chi connectivity index (χ3n) is 3.84. The standard InChI is InChI=1S/C14H22N2O2/c1-10-13(11(2)18-16-10)9-15-14(17)8-12-6-4-3-5-7-12/h12H,3-9H2,1-2H3,(H,15,17). The zero-order chi connectivity index (χ0) is 13.0. The van der Waals surface area contributed by atoms with Crippen LogP contribution in [0.15, 0.2) is 4.52 Å². The first-order valence-corrected chi connectivity index (χ1v) is 6.85. The van der Waals surface area contributed by atoms with Crippen LogP contribution in [-0.2, 0) is 11.3 Å². The van der Waals surface area contributed by atoms with Crippen LogP contribution in [0.5, 0.6) is 0 Å². The van der Waals surface area contributed by atoms with Crippen molar-refractivity contribution in [2.24, 2.45) is 5.92 Å². The van der Waals surface area contributed by atoms with Crippen molar-refractivity contribution in [1.82, 2.24) is 10.5 Å². The molecular formula is C14H22N2O2. The van der Waals surface area contributed by atoms with Crippen LogP contribution in [0.3, 0.4) is 0 Å². The fourth-order valence-electron chi connectivity index (χ4n) is 2.67. The van der Waals surface area contributed by atoms with E-state index in [1.165, 1.54) is 32.1 Å². The number of hydrogen-bond donors (Lipinski definition) is 1. The van der Waals surface area contributed by atoms with Crippen LogP contribution in [0.25, 0.3) is 0 Å². The van der Waals surface area contributed by atoms with E-state index in [0.717, 1.165) is 17.0 Å². The van der Waals surface area contributed by atoms with Gasteiger partial charge in [0.15, 0.2) is 0 Å². The summed E-state index contributed by atoms with van der Waals surface area (Å²) in [4.78, 5) is 11.9. The molecule has 1 aliphatic rings. The van der Waals surface area contributed by atoms with Gasteiger partial charge in [-0.05, 0) is 32.6 Å². The molecule has 4 heteroatoms. The minimum Gasteiger partial charge on any atom is -0.361 e. The maximum atomic E-state index is 11.9. The first-order chi connectivity index (χ1) is 8.66. The summed E-state index contributed by atoms with van der Waals surface area (Å²) in [6.07, 6.45) is 6.97. The predicted molar refractivity (Wildman–Crippen MR) is 69.0 cm³/mol. The molecule has 0 spiro atoms. The highest BCUT2D eigenvalue weighted by atomic mass is 16.5. The number of aromatic nitrogens is 1. The number of nitrogens with one attached hydrogen (secondary N) is 1. The molecule has 18 heavy (non-hydrogen) atoms. The molecule has 2 rings (SSSR count). The Morgan fingerprint density at radius 2 is 2.06 bits per heavy atom. The normalized spacial score (nSPS) is 16.8. The van der Waals surface area contributed by atoms with Gasteiger partial charge in [0, 0.05) is 18.5 Å². The van der Waals surface area contributed by atoms with Crippen molar-refractivity contribution in [2.45, 2.75) is 58.9 Å². The van der Waals surface area contributed by atoms with E-state index in [1.54, 1.807) is 0 Å². The summed E-state index contributed by atoms with van der Waals surface area (Å²) >= 11 is 0. The fourth-order valence-corrected chi connectivity index (χ4v) is 2.67. The first kappa shape index (κ1) is 13.1. The van der Waals surface area contributed by atoms with Crippen molar-refractivity contribution < 1.29 is 9.32 Å². The van der Waals surface area contributed by atoms with Gasteiger partial charge in [0.1, 0.15) is 5.76 Å². The maximum Gasteiger partial charge on any atom is 0.220 e. The molecule has 1 heterocycles. The van der Waals surface area contributed by atoms with E-state index in [0.29, 0.717) is 18.9 Å². The summed E-state index contributed by atoms with van der Waals surface area (Å²) in [6.45, 7) is 4.31. The van der Waals surface area contributed by atoms with Crippen LogP contribution in [0.2, 0.25) is 0 Å². The van der Waals surface area contributed by atoms with Gasteiger partial charge >= 0.3 is 0 Å². The third kappa shape index (κ3) is 3.34. The smallest absolute Gasteiger partial charge is 0.220 e. The van der Waals surface area contributed by atoms with Crippen LogP contribution in [0, 0.1) is 19.8 Å². The van der Waals surface area contributed by atoms with E-state index >= 15 is 0 Å². The summed E-state index contributed by atoms with van der Waals surface area (Å²) in [5.41, 5.74) is 1.87. The quantitative estimate of drug-likeness (QED) is 0.894. The van der Waals surface area contributed by atoms with Gasteiger partial charge in [-0.3, -0.25) is 4.79 Å². The molecule has 0 saturated heterocycles. The van der Waals surface area contributed by atoms with Crippen molar-refractivity contribution in [3.05, 3.63) is 17.0 Å². The maximum absolute atomic E-state index is 11.9. The first-order valence-electron chi connectivity index (χ1n) is 6.85. The highest BCUT2D eigenvalue weighted by molar-refractivity contribution is 5.76. The van der Waals surface area contributed by atoms with E-state index in [1.807, 2.05) is 13.8 Å². The van der Waals surface area contributed by atoms with Gasteiger partial charge in [0.25, 0.3) is 0 Å². The van der Waals surface area contributed by atoms with Gasteiger partial charge < -0.3 is 9.84 Å². The minimum absolute atomic E-state index is 0.155. The number of carbonyl (C=O) groups excluding carboxylic acids is 1. The number of carbonyl (C=O) groups is 1. The average molecular weight is 250 g/mol. The molecule has 1 aromatic heterocycles. The molecule has 0 aliphatic heterocycles. The lowest BCUT2D eigenvalue weighted by Gasteiger charge is -2.20. The Kier molecular flexibility index (Phi) is 4.39. The molecule has 4 nitrogen and oxygen atoms in total. The SMILES string of the molecule is Cc1noc(C)c1CNC(=O)CC1CCCCC1. The summed E-state index contributed by atoms with van der Waals surface area (Å²) in [5, 5.41) is 6.86. The molecule has 0 unspecified atom stereocenters. The second-order valence-corrected chi connectivity index (χ2v) is 5.29. The van der Waals surface area contributed by atoms with Gasteiger partial charge in [-0.1, -0.05) is 24.4 Å². The molecule has 1 amide bonds. The highest BCUT2D eigenvalue weighted by Gasteiger charge is 2.17. The predicted octanol–water partition coefficient (Wildman–Crippen LogP) is 2.88. The van der Waals surface area contributed by atoms with E-state index in [-0.39, 0.29) is 5.91 Å². The summed E-state index contributed by atoms with van der Waals surface area (Å²) in [5.74, 6) is 1.54. The van der Waals surface area contributed by atoms with Gasteiger partial charge in [-0.15, -0.1) is 0 Å². The molecule has 1 saturated carbocycles. The van der Waals surface area contributed by atoms with Gasteiger partial charge in [0.2, 0.25) is 5.91 Å². The largest absolute Gasteiger partial charge is 0.361 e. The number of hydrogen-bond acceptors (Lipinski definition) is 3. The Morgan fingerprint density at radius 3 is 2.67 bits per heavy atom. The fraction of sp³-hybridized carbons (Fsp3) is 0.714. The Bertz CT molecular complexity index is 386. The van der Waals surface area contributed by atoms with Crippen LogP contribution in [0.4, 0.5) is 0 Å². The van der Waals surface area contributed by atoms with E-state index < -0.39 is 0 Å². The van der Waals surface area contributed by atoms with E-state index in [9.17, 15) is 4.79 Å². The number of rotatable bonds is 4. The van der Waals surface area contributed by atoms with Crippen molar-refractivity contribution in [1.29, 1.82) is 0 Å². The second kappa shape index (κ2) is 6.03. The summed E-state index contributed by atoms with van der Waals surface area (Å²) in [7, 11) is 0. The van der Waals surface area contributed by atoms with Crippen LogP contribution in [0.1, 0.15) is 55.5 Å². The molecule has 0 radical (unpaired) electrons.